The van der Waals surface area contributed by atoms with Crippen LogP contribution in [0, 0.1) is 0 Å². The van der Waals surface area contributed by atoms with Gasteiger partial charge in [0.2, 0.25) is 5.91 Å². The van der Waals surface area contributed by atoms with E-state index < -0.39 is 12.1 Å². The second-order valence-electron chi connectivity index (χ2n) is 26.0. The lowest BCUT2D eigenvalue weighted by atomic mass is 10.0. The summed E-state index contributed by atoms with van der Waals surface area (Å²) in [6, 6.07) is -0.540. The molecule has 0 aliphatic carbocycles. The summed E-state index contributed by atoms with van der Waals surface area (Å²) in [5, 5.41) is 23.3. The lowest BCUT2D eigenvalue weighted by molar-refractivity contribution is -0.143. The predicted molar refractivity (Wildman–Crippen MR) is 370 cm³/mol. The maximum absolute atomic E-state index is 12.5. The molecule has 1 amide bonds. The first-order valence-corrected chi connectivity index (χ1v) is 37.9. The van der Waals surface area contributed by atoms with Gasteiger partial charge in [0.05, 0.1) is 25.4 Å². The van der Waals surface area contributed by atoms with Gasteiger partial charge < -0.3 is 20.3 Å². The van der Waals surface area contributed by atoms with Crippen molar-refractivity contribution in [3.63, 3.8) is 0 Å². The molecule has 6 nitrogen and oxygen atoms in total. The van der Waals surface area contributed by atoms with E-state index in [0.29, 0.717) is 25.9 Å². The number of hydrogen-bond acceptors (Lipinski definition) is 5. The van der Waals surface area contributed by atoms with Gasteiger partial charge in [0.1, 0.15) is 0 Å². The van der Waals surface area contributed by atoms with Crippen molar-refractivity contribution >= 4 is 11.9 Å². The van der Waals surface area contributed by atoms with Crippen LogP contribution in [0.3, 0.4) is 0 Å². The Bertz CT molecular complexity index is 1400. The molecule has 0 saturated heterocycles. The van der Waals surface area contributed by atoms with Crippen LogP contribution in [0.25, 0.3) is 0 Å². The lowest BCUT2D eigenvalue weighted by Crippen LogP contribution is -2.45. The fourth-order valence-electron chi connectivity index (χ4n) is 11.8. The molecule has 0 fully saturated rings. The first-order chi connectivity index (χ1) is 41.5. The first-order valence-electron chi connectivity index (χ1n) is 37.9. The Morgan fingerprint density at radius 3 is 0.917 bits per heavy atom. The highest BCUT2D eigenvalue weighted by Crippen LogP contribution is 2.19. The van der Waals surface area contributed by atoms with Gasteiger partial charge in [0, 0.05) is 12.8 Å². The standard InChI is InChI=1S/C78H147NO5/c1-3-5-7-9-11-13-15-17-19-20-41-44-48-52-56-60-64-68-72-78(83)84-73-69-65-61-57-53-49-45-42-39-37-35-33-31-29-27-25-23-21-22-24-26-28-30-32-34-36-38-40-43-47-51-55-59-63-67-71-77(82)79-75(74-80)76(81)70-66-62-58-54-50-46-18-16-14-12-10-8-6-4-2/h13,15,19-20,23,25,29,31,75-76,80-81H,3-12,14,16-18,21-22,24,26-28,30,32-74H2,1-2H3,(H,79,82)/b15-13-,20-19-,25-23-,31-29-. The fourth-order valence-corrected chi connectivity index (χ4v) is 11.8. The number of amides is 1. The van der Waals surface area contributed by atoms with Gasteiger partial charge in [-0.15, -0.1) is 0 Å². The Morgan fingerprint density at radius 2 is 0.595 bits per heavy atom. The fraction of sp³-hybridized carbons (Fsp3) is 0.872. The zero-order chi connectivity index (χ0) is 60.6. The molecule has 0 aromatic carbocycles. The largest absolute Gasteiger partial charge is 0.466 e. The molecular weight excluding hydrogens is 1030 g/mol. The van der Waals surface area contributed by atoms with Gasteiger partial charge in [-0.25, -0.2) is 0 Å². The number of ether oxygens (including phenoxy) is 1. The second kappa shape index (κ2) is 73.3. The Labute approximate surface area is 525 Å². The summed E-state index contributed by atoms with van der Waals surface area (Å²) in [5.41, 5.74) is 0. The van der Waals surface area contributed by atoms with Crippen LogP contribution in [-0.2, 0) is 14.3 Å². The van der Waals surface area contributed by atoms with Gasteiger partial charge in [0.25, 0.3) is 0 Å². The van der Waals surface area contributed by atoms with Crippen LogP contribution in [0.4, 0.5) is 0 Å². The van der Waals surface area contributed by atoms with Crippen molar-refractivity contribution in [2.24, 2.45) is 0 Å². The predicted octanol–water partition coefficient (Wildman–Crippen LogP) is 24.8. The maximum atomic E-state index is 12.5. The van der Waals surface area contributed by atoms with E-state index in [1.54, 1.807) is 0 Å². The molecule has 3 N–H and O–H groups in total. The minimum Gasteiger partial charge on any atom is -0.466 e. The molecule has 0 aromatic heterocycles. The Balaban J connectivity index is 3.36. The van der Waals surface area contributed by atoms with E-state index in [0.717, 1.165) is 57.8 Å². The van der Waals surface area contributed by atoms with Gasteiger partial charge in [-0.3, -0.25) is 9.59 Å². The van der Waals surface area contributed by atoms with Gasteiger partial charge in [-0.2, -0.15) is 0 Å². The van der Waals surface area contributed by atoms with Gasteiger partial charge in [-0.1, -0.05) is 358 Å². The highest BCUT2D eigenvalue weighted by atomic mass is 16.5. The molecule has 6 heteroatoms. The van der Waals surface area contributed by atoms with Gasteiger partial charge >= 0.3 is 5.97 Å². The van der Waals surface area contributed by atoms with E-state index in [9.17, 15) is 19.8 Å². The third-order valence-corrected chi connectivity index (χ3v) is 17.6. The topological polar surface area (TPSA) is 95.9 Å². The number of unbranched alkanes of at least 4 members (excludes halogenated alkanes) is 52. The number of nitrogens with one attached hydrogen (secondary N) is 1. The Kier molecular flexibility index (Phi) is 71.4. The number of aliphatic hydroxyl groups excluding tert-OH is 2. The summed E-state index contributed by atoms with van der Waals surface area (Å²) in [6.07, 6.45) is 96.2. The van der Waals surface area contributed by atoms with Crippen molar-refractivity contribution in [3.8, 4) is 0 Å². The quantitative estimate of drug-likeness (QED) is 0.0320. The molecule has 0 rings (SSSR count). The third-order valence-electron chi connectivity index (χ3n) is 17.6. The van der Waals surface area contributed by atoms with Crippen LogP contribution in [-0.4, -0.2) is 47.4 Å². The number of hydrogen-bond donors (Lipinski definition) is 3. The third kappa shape index (κ3) is 68.9. The van der Waals surface area contributed by atoms with Crippen LogP contribution in [0.5, 0.6) is 0 Å². The zero-order valence-electron chi connectivity index (χ0n) is 56.6. The summed E-state index contributed by atoms with van der Waals surface area (Å²) in [7, 11) is 0. The Morgan fingerprint density at radius 1 is 0.333 bits per heavy atom. The molecule has 0 aliphatic heterocycles. The smallest absolute Gasteiger partial charge is 0.305 e. The molecule has 0 bridgehead atoms. The molecule has 0 heterocycles. The summed E-state index contributed by atoms with van der Waals surface area (Å²) in [4.78, 5) is 24.6. The van der Waals surface area contributed by atoms with Gasteiger partial charge in [0.15, 0.2) is 0 Å². The van der Waals surface area contributed by atoms with Crippen molar-refractivity contribution in [1.82, 2.24) is 5.32 Å². The van der Waals surface area contributed by atoms with Crippen molar-refractivity contribution < 1.29 is 24.5 Å². The number of esters is 1. The van der Waals surface area contributed by atoms with E-state index in [2.05, 4.69) is 67.8 Å². The van der Waals surface area contributed by atoms with E-state index in [-0.39, 0.29) is 18.5 Å². The number of carbonyl (C=O) groups excluding carboxylic acids is 2. The number of aliphatic hydroxyl groups is 2. The highest BCUT2D eigenvalue weighted by Gasteiger charge is 2.20. The summed E-state index contributed by atoms with van der Waals surface area (Å²) in [5.74, 6) is -0.0207. The molecule has 0 radical (unpaired) electrons. The molecule has 2 unspecified atom stereocenters. The molecule has 0 aliphatic rings. The summed E-state index contributed by atoms with van der Waals surface area (Å²) < 4.78 is 5.50. The van der Waals surface area contributed by atoms with Crippen LogP contribution in [0.2, 0.25) is 0 Å². The minimum atomic E-state index is -0.663. The summed E-state index contributed by atoms with van der Waals surface area (Å²) >= 11 is 0. The average molecular weight is 1180 g/mol. The minimum absolute atomic E-state index is 0.00971. The molecule has 2 atom stereocenters. The molecule has 84 heavy (non-hydrogen) atoms. The van der Waals surface area contributed by atoms with E-state index >= 15 is 0 Å². The Hall–Kier alpha value is -2.18. The molecule has 494 valence electrons. The van der Waals surface area contributed by atoms with Crippen molar-refractivity contribution in [2.45, 2.75) is 424 Å². The SMILES string of the molecule is CCCCCC/C=C\C/C=C\CCCCCCCCCC(=O)OCCCCCCCCCCCCC/C=C\C/C=C\CCCCCCCCCCCCCCCCCCCC(=O)NC(CO)C(O)CCCCCCCCCCCCCCCC. The van der Waals surface area contributed by atoms with E-state index in [4.69, 9.17) is 4.74 Å². The summed E-state index contributed by atoms with van der Waals surface area (Å²) in [6.45, 7) is 4.96. The number of allylic oxidation sites excluding steroid dienone is 8. The maximum Gasteiger partial charge on any atom is 0.305 e. The van der Waals surface area contributed by atoms with Crippen molar-refractivity contribution in [3.05, 3.63) is 48.6 Å². The van der Waals surface area contributed by atoms with Crippen LogP contribution in [0.1, 0.15) is 412 Å². The van der Waals surface area contributed by atoms with Crippen molar-refractivity contribution in [1.29, 1.82) is 0 Å². The average Bonchev–Trinajstić information content (AvgIpc) is 3.54. The molecule has 0 spiro atoms. The lowest BCUT2D eigenvalue weighted by Gasteiger charge is -2.22. The van der Waals surface area contributed by atoms with E-state index in [1.807, 2.05) is 0 Å². The van der Waals surface area contributed by atoms with Crippen LogP contribution in [0.15, 0.2) is 48.6 Å². The normalized spacial score (nSPS) is 12.8. The van der Waals surface area contributed by atoms with Gasteiger partial charge in [-0.05, 0) is 89.9 Å². The number of carbonyl (C=O) groups is 2. The molecule has 0 aromatic rings. The molecular formula is C78H147NO5. The zero-order valence-corrected chi connectivity index (χ0v) is 56.6. The molecule has 0 saturated carbocycles. The first kappa shape index (κ1) is 81.8. The van der Waals surface area contributed by atoms with Crippen LogP contribution < -0.4 is 5.32 Å². The highest BCUT2D eigenvalue weighted by molar-refractivity contribution is 5.76. The monoisotopic (exact) mass is 1180 g/mol. The van der Waals surface area contributed by atoms with E-state index in [1.165, 1.54) is 321 Å². The van der Waals surface area contributed by atoms with Crippen molar-refractivity contribution in [2.75, 3.05) is 13.2 Å². The van der Waals surface area contributed by atoms with Crippen LogP contribution >= 0.6 is 0 Å². The second-order valence-corrected chi connectivity index (χ2v) is 26.0. The number of rotatable bonds is 71.